The van der Waals surface area contributed by atoms with Gasteiger partial charge in [-0.1, -0.05) is 18.2 Å². The van der Waals surface area contributed by atoms with Crippen molar-refractivity contribution in [2.24, 2.45) is 4.99 Å². The lowest BCUT2D eigenvalue weighted by molar-refractivity contribution is 0.0824. The number of piperidine rings is 2. The van der Waals surface area contributed by atoms with E-state index in [4.69, 9.17) is 4.99 Å². The van der Waals surface area contributed by atoms with Crippen LogP contribution in [0.25, 0.3) is 0 Å². The van der Waals surface area contributed by atoms with Crippen molar-refractivity contribution in [1.29, 1.82) is 0 Å². The predicted octanol–water partition coefficient (Wildman–Crippen LogP) is 3.41. The Morgan fingerprint density at radius 3 is 2.42 bits per heavy atom. The molecule has 2 aliphatic rings. The molecule has 0 radical (unpaired) electrons. The predicted molar refractivity (Wildman–Crippen MR) is 120 cm³/mol. The van der Waals surface area contributed by atoms with Crippen LogP contribution in [-0.4, -0.2) is 66.2 Å². The van der Waals surface area contributed by atoms with E-state index in [1.54, 1.807) is 0 Å². The number of halogens is 1. The molecule has 1 aromatic carbocycles. The molecule has 0 unspecified atom stereocenters. The van der Waals surface area contributed by atoms with E-state index in [0.29, 0.717) is 0 Å². The molecule has 26 heavy (non-hydrogen) atoms. The molecule has 1 aromatic rings. The van der Waals surface area contributed by atoms with Gasteiger partial charge in [0.1, 0.15) is 0 Å². The van der Waals surface area contributed by atoms with E-state index < -0.39 is 0 Å². The average molecular weight is 472 g/mol. The molecule has 3 rings (SSSR count). The number of aliphatic hydroxyl groups is 1. The Kier molecular flexibility index (Phi) is 9.71. The average Bonchev–Trinajstić information content (AvgIpc) is 2.67. The van der Waals surface area contributed by atoms with Gasteiger partial charge >= 0.3 is 0 Å². The molecule has 2 fully saturated rings. The van der Waals surface area contributed by atoms with Crippen LogP contribution in [0.1, 0.15) is 38.5 Å². The highest BCUT2D eigenvalue weighted by Gasteiger charge is 2.17. The number of hydrogen-bond acceptors (Lipinski definition) is 3. The highest BCUT2D eigenvalue weighted by atomic mass is 127. The number of anilines is 1. The zero-order chi connectivity index (χ0) is 17.3. The third-order valence-corrected chi connectivity index (χ3v) is 5.14. The molecule has 6 heteroatoms. The van der Waals surface area contributed by atoms with E-state index in [2.05, 4.69) is 39.4 Å². The zero-order valence-corrected chi connectivity index (χ0v) is 18.0. The monoisotopic (exact) mass is 472 g/mol. The lowest BCUT2D eigenvalue weighted by Gasteiger charge is -2.31. The van der Waals surface area contributed by atoms with E-state index in [1.165, 1.54) is 19.3 Å². The summed E-state index contributed by atoms with van der Waals surface area (Å²) in [7, 11) is 0. The molecule has 2 heterocycles. The van der Waals surface area contributed by atoms with E-state index in [-0.39, 0.29) is 30.1 Å². The maximum atomic E-state index is 9.59. The van der Waals surface area contributed by atoms with Gasteiger partial charge in [-0.3, -0.25) is 4.99 Å². The maximum absolute atomic E-state index is 9.59. The van der Waals surface area contributed by atoms with Gasteiger partial charge in [-0.05, 0) is 57.2 Å². The van der Waals surface area contributed by atoms with Crippen LogP contribution in [0.2, 0.25) is 0 Å². The quantitative estimate of drug-likeness (QED) is 0.299. The third-order valence-electron chi connectivity index (χ3n) is 5.14. The van der Waals surface area contributed by atoms with Crippen molar-refractivity contribution in [1.82, 2.24) is 9.80 Å². The van der Waals surface area contributed by atoms with Gasteiger partial charge in [0.25, 0.3) is 0 Å². The second-order valence-electron chi connectivity index (χ2n) is 7.17. The smallest absolute Gasteiger partial charge is 0.198 e. The van der Waals surface area contributed by atoms with E-state index in [1.807, 2.05) is 6.07 Å². The number of rotatable bonds is 5. The SMILES string of the molecule is I.OC1CCN(CCCN=C(Nc2ccccc2)N2CCCCC2)CC1. The molecule has 2 aliphatic heterocycles. The van der Waals surface area contributed by atoms with Gasteiger partial charge in [-0.2, -0.15) is 0 Å². The molecule has 146 valence electrons. The summed E-state index contributed by atoms with van der Waals surface area (Å²) in [6, 6.07) is 10.3. The maximum Gasteiger partial charge on any atom is 0.198 e. The molecular weight excluding hydrogens is 439 g/mol. The molecule has 0 aliphatic carbocycles. The van der Waals surface area contributed by atoms with Crippen LogP contribution in [-0.2, 0) is 0 Å². The van der Waals surface area contributed by atoms with Crippen LogP contribution in [0.5, 0.6) is 0 Å². The molecule has 0 spiro atoms. The molecule has 0 bridgehead atoms. The second kappa shape index (κ2) is 11.8. The van der Waals surface area contributed by atoms with Gasteiger partial charge in [-0.25, -0.2) is 0 Å². The summed E-state index contributed by atoms with van der Waals surface area (Å²) in [6.45, 7) is 6.17. The van der Waals surface area contributed by atoms with Crippen LogP contribution >= 0.6 is 24.0 Å². The van der Waals surface area contributed by atoms with Crippen molar-refractivity contribution in [2.45, 2.75) is 44.6 Å². The summed E-state index contributed by atoms with van der Waals surface area (Å²) in [5.74, 6) is 1.03. The fraction of sp³-hybridized carbons (Fsp3) is 0.650. The van der Waals surface area contributed by atoms with Gasteiger partial charge in [0.05, 0.1) is 6.10 Å². The molecule has 0 saturated carbocycles. The molecule has 5 nitrogen and oxygen atoms in total. The van der Waals surface area contributed by atoms with Crippen molar-refractivity contribution in [3.63, 3.8) is 0 Å². The molecule has 2 saturated heterocycles. The Morgan fingerprint density at radius 2 is 1.73 bits per heavy atom. The number of aliphatic imine (C=N–C) groups is 1. The number of nitrogens with one attached hydrogen (secondary N) is 1. The van der Waals surface area contributed by atoms with Gasteiger partial charge in [0, 0.05) is 38.4 Å². The van der Waals surface area contributed by atoms with Gasteiger partial charge < -0.3 is 20.2 Å². The van der Waals surface area contributed by atoms with Crippen molar-refractivity contribution in [3.05, 3.63) is 30.3 Å². The number of para-hydroxylation sites is 1. The van der Waals surface area contributed by atoms with Crippen LogP contribution in [0.4, 0.5) is 5.69 Å². The normalized spacial score (nSPS) is 19.9. The number of hydrogen-bond donors (Lipinski definition) is 2. The lowest BCUT2D eigenvalue weighted by atomic mass is 10.1. The minimum atomic E-state index is -0.0879. The number of guanidine groups is 1. The van der Waals surface area contributed by atoms with Crippen molar-refractivity contribution < 1.29 is 5.11 Å². The first kappa shape index (κ1) is 21.4. The lowest BCUT2D eigenvalue weighted by Crippen LogP contribution is -2.40. The van der Waals surface area contributed by atoms with E-state index in [9.17, 15) is 5.11 Å². The van der Waals surface area contributed by atoms with Crippen molar-refractivity contribution in [2.75, 3.05) is 44.6 Å². The van der Waals surface area contributed by atoms with Gasteiger partial charge in [0.15, 0.2) is 5.96 Å². The summed E-state index contributed by atoms with van der Waals surface area (Å²) in [5.41, 5.74) is 1.11. The Hall–Kier alpha value is -0.860. The molecule has 2 N–H and O–H groups in total. The first-order chi connectivity index (χ1) is 12.3. The summed E-state index contributed by atoms with van der Waals surface area (Å²) in [5, 5.41) is 13.1. The summed E-state index contributed by atoms with van der Waals surface area (Å²) in [4.78, 5) is 9.75. The highest BCUT2D eigenvalue weighted by Crippen LogP contribution is 2.13. The van der Waals surface area contributed by atoms with Gasteiger partial charge in [-0.15, -0.1) is 24.0 Å². The van der Waals surface area contributed by atoms with Crippen molar-refractivity contribution in [3.8, 4) is 0 Å². The fourth-order valence-corrected chi connectivity index (χ4v) is 3.60. The largest absolute Gasteiger partial charge is 0.393 e. The third kappa shape index (κ3) is 7.04. The zero-order valence-electron chi connectivity index (χ0n) is 15.6. The van der Waals surface area contributed by atoms with Crippen molar-refractivity contribution >= 4 is 35.6 Å². The van der Waals surface area contributed by atoms with E-state index >= 15 is 0 Å². The minimum absolute atomic E-state index is 0. The second-order valence-corrected chi connectivity index (χ2v) is 7.17. The molecule has 0 amide bonds. The standard InChI is InChI=1S/C20H32N4O.HI/c25-19-10-16-23(17-11-19)13-7-12-21-20(24-14-5-2-6-15-24)22-18-8-3-1-4-9-18;/h1,3-4,8-9,19,25H,2,5-7,10-17H2,(H,21,22);1H. The summed E-state index contributed by atoms with van der Waals surface area (Å²) in [6.07, 6.45) is 6.65. The fourth-order valence-electron chi connectivity index (χ4n) is 3.60. The van der Waals surface area contributed by atoms with E-state index in [0.717, 1.165) is 70.2 Å². The Labute approximate surface area is 174 Å². The molecular formula is C20H33IN4O. The van der Waals surface area contributed by atoms with Gasteiger partial charge in [0.2, 0.25) is 0 Å². The first-order valence-electron chi connectivity index (χ1n) is 9.83. The molecule has 0 atom stereocenters. The Bertz CT molecular complexity index is 526. The Balaban J connectivity index is 0.00000243. The van der Waals surface area contributed by atoms with Crippen LogP contribution in [0.3, 0.4) is 0 Å². The summed E-state index contributed by atoms with van der Waals surface area (Å²) < 4.78 is 0. The number of aliphatic hydroxyl groups excluding tert-OH is 1. The topological polar surface area (TPSA) is 51.1 Å². The highest BCUT2D eigenvalue weighted by molar-refractivity contribution is 14.0. The van der Waals surface area contributed by atoms with Crippen LogP contribution < -0.4 is 5.32 Å². The number of nitrogens with zero attached hydrogens (tertiary/aromatic N) is 3. The summed E-state index contributed by atoms with van der Waals surface area (Å²) >= 11 is 0. The number of likely N-dealkylation sites (tertiary alicyclic amines) is 2. The first-order valence-corrected chi connectivity index (χ1v) is 9.83. The van der Waals surface area contributed by atoms with Crippen LogP contribution in [0, 0.1) is 0 Å². The van der Waals surface area contributed by atoms with Crippen LogP contribution in [0.15, 0.2) is 35.3 Å². The Morgan fingerprint density at radius 1 is 1.04 bits per heavy atom. The molecule has 0 aromatic heterocycles. The minimum Gasteiger partial charge on any atom is -0.393 e. The number of benzene rings is 1.